The van der Waals surface area contributed by atoms with Gasteiger partial charge in [0.25, 0.3) is 11.8 Å². The normalized spacial score (nSPS) is 20.1. The third-order valence-electron chi connectivity index (χ3n) is 13.7. The lowest BCUT2D eigenvalue weighted by atomic mass is 9.85. The van der Waals surface area contributed by atoms with E-state index in [0.29, 0.717) is 0 Å². The topological polar surface area (TPSA) is 265 Å². The van der Waals surface area contributed by atoms with E-state index in [0.717, 1.165) is 11.1 Å². The van der Waals surface area contributed by atoms with Gasteiger partial charge in [-0.25, -0.2) is 0 Å². The molecule has 3 aromatic rings. The van der Waals surface area contributed by atoms with Gasteiger partial charge >= 0.3 is 0 Å². The lowest BCUT2D eigenvalue weighted by molar-refractivity contribution is -0.144. The molecule has 2 aliphatic heterocycles. The molecule has 19 nitrogen and oxygen atoms in total. The number of carbonyl (C=O) groups excluding carboxylic acids is 8. The van der Waals surface area contributed by atoms with Crippen LogP contribution in [0, 0.1) is 10.8 Å². The Morgan fingerprint density at radius 1 is 0.541 bits per heavy atom. The molecule has 20 heteroatoms. The van der Waals surface area contributed by atoms with Crippen LogP contribution in [0.5, 0.6) is 0 Å². The first-order valence-electron chi connectivity index (χ1n) is 25.0. The molecule has 2 saturated heterocycles. The van der Waals surface area contributed by atoms with Gasteiger partial charge in [-0.3, -0.25) is 38.4 Å². The second-order valence-electron chi connectivity index (χ2n) is 21.6. The third-order valence-corrected chi connectivity index (χ3v) is 13.7. The Kier molecular flexibility index (Phi) is 20.7. The fraction of sp³-hybridized carbons (Fsp3) is 0.519. The lowest BCUT2D eigenvalue weighted by Crippen LogP contribution is -2.59. The average molecular weight is 1040 g/mol. The van der Waals surface area contributed by atoms with Crippen molar-refractivity contribution in [3.05, 3.63) is 101 Å². The zero-order valence-corrected chi connectivity index (χ0v) is 45.6. The van der Waals surface area contributed by atoms with Gasteiger partial charge in [0.1, 0.15) is 24.2 Å². The number of halogens is 1. The van der Waals surface area contributed by atoms with Gasteiger partial charge in [0, 0.05) is 42.0 Å². The molecular formula is C54H78ClN11O8. The van der Waals surface area contributed by atoms with Crippen LogP contribution in [-0.2, 0) is 28.8 Å². The maximum atomic E-state index is 14.6. The van der Waals surface area contributed by atoms with E-state index in [4.69, 9.17) is 5.73 Å². The number of nitrogens with zero attached hydrogens (tertiary/aromatic N) is 2. The zero-order valence-electron chi connectivity index (χ0n) is 44.8. The van der Waals surface area contributed by atoms with E-state index in [1.807, 2.05) is 116 Å². The molecule has 0 bridgehead atoms. The number of amides is 8. The van der Waals surface area contributed by atoms with Crippen LogP contribution in [0.1, 0.15) is 126 Å². The van der Waals surface area contributed by atoms with E-state index in [2.05, 4.69) is 42.5 Å². The van der Waals surface area contributed by atoms with Crippen molar-refractivity contribution in [1.82, 2.24) is 52.3 Å². The quantitative estimate of drug-likeness (QED) is 0.0836. The number of nitrogens with one attached hydrogen (secondary N) is 8. The molecule has 2 heterocycles. The summed E-state index contributed by atoms with van der Waals surface area (Å²) in [4.78, 5) is 115. The highest BCUT2D eigenvalue weighted by Gasteiger charge is 2.47. The Morgan fingerprint density at radius 2 is 0.878 bits per heavy atom. The number of rotatable bonds is 18. The third kappa shape index (κ3) is 15.3. The second kappa shape index (κ2) is 25.6. The number of benzene rings is 3. The predicted molar refractivity (Wildman–Crippen MR) is 287 cm³/mol. The van der Waals surface area contributed by atoms with E-state index in [1.165, 1.54) is 28.0 Å². The number of nitrogens with two attached hydrogens (primary N) is 1. The highest BCUT2D eigenvalue weighted by Crippen LogP contribution is 2.30. The molecule has 404 valence electrons. The van der Waals surface area contributed by atoms with E-state index < -0.39 is 119 Å². The summed E-state index contributed by atoms with van der Waals surface area (Å²) in [6.07, 6.45) is 0.0878. The molecule has 0 radical (unpaired) electrons. The first kappa shape index (κ1) is 60.0. The van der Waals surface area contributed by atoms with Crippen LogP contribution in [0.4, 0.5) is 5.69 Å². The maximum Gasteiger partial charge on any atom is 0.251 e. The molecule has 2 aliphatic rings. The zero-order chi connectivity index (χ0) is 54.1. The first-order chi connectivity index (χ1) is 34.2. The van der Waals surface area contributed by atoms with E-state index >= 15 is 0 Å². The van der Waals surface area contributed by atoms with Gasteiger partial charge in [0.05, 0.1) is 24.2 Å². The van der Waals surface area contributed by atoms with Crippen LogP contribution >= 0.6 is 12.4 Å². The number of nitrogen functional groups attached to an aromatic ring is 1. The SMILES string of the molecule is CN[C@@H](C)C(=O)N[C@H](C(=O)N1C[C@@H](NC(=O)c2cc(N)cc(C(=O)N[C@H]3C[C@@H](C(=O)N[C@H](C)c4ccccc4)N(C(=O)[C@@H](NC(=O)[C@H](C)NC)C(C)(C)C)C3)c2)C[C@H]1C(=O)N[C@H](C)c1ccccc1)C(C)(C)C.Cl. The van der Waals surface area contributed by atoms with Gasteiger partial charge < -0.3 is 58.1 Å². The number of hydrogen-bond acceptors (Lipinski definition) is 11. The van der Waals surface area contributed by atoms with Crippen LogP contribution in [-0.4, -0.2) is 133 Å². The van der Waals surface area contributed by atoms with Gasteiger partial charge in [0.2, 0.25) is 35.4 Å². The minimum atomic E-state index is -1.03. The summed E-state index contributed by atoms with van der Waals surface area (Å²) >= 11 is 0. The van der Waals surface area contributed by atoms with Gasteiger partial charge in [-0.15, -0.1) is 12.4 Å². The largest absolute Gasteiger partial charge is 0.399 e. The van der Waals surface area contributed by atoms with E-state index in [-0.39, 0.29) is 55.2 Å². The molecule has 5 rings (SSSR count). The van der Waals surface area contributed by atoms with Crippen molar-refractivity contribution in [2.24, 2.45) is 10.8 Å². The van der Waals surface area contributed by atoms with Crippen LogP contribution < -0.4 is 48.3 Å². The van der Waals surface area contributed by atoms with Crippen molar-refractivity contribution >= 4 is 65.4 Å². The van der Waals surface area contributed by atoms with Crippen molar-refractivity contribution < 1.29 is 38.4 Å². The summed E-state index contributed by atoms with van der Waals surface area (Å²) in [7, 11) is 3.27. The molecule has 0 spiro atoms. The lowest BCUT2D eigenvalue weighted by Gasteiger charge is -2.36. The van der Waals surface area contributed by atoms with Gasteiger partial charge in [0.15, 0.2) is 0 Å². The highest BCUT2D eigenvalue weighted by atomic mass is 35.5. The second-order valence-corrected chi connectivity index (χ2v) is 21.6. The molecule has 74 heavy (non-hydrogen) atoms. The van der Waals surface area contributed by atoms with Crippen molar-refractivity contribution in [2.75, 3.05) is 32.9 Å². The fourth-order valence-electron chi connectivity index (χ4n) is 9.01. The van der Waals surface area contributed by atoms with E-state index in [1.54, 1.807) is 27.9 Å². The van der Waals surface area contributed by atoms with Crippen molar-refractivity contribution in [3.63, 3.8) is 0 Å². The monoisotopic (exact) mass is 1040 g/mol. The molecule has 3 aromatic carbocycles. The van der Waals surface area contributed by atoms with Crippen molar-refractivity contribution in [3.8, 4) is 0 Å². The number of likely N-dealkylation sites (N-methyl/N-ethyl adjacent to an activating group) is 2. The van der Waals surface area contributed by atoms with Crippen LogP contribution in [0.15, 0.2) is 78.9 Å². The number of carbonyl (C=O) groups is 8. The summed E-state index contributed by atoms with van der Waals surface area (Å²) in [6.45, 7) is 17.8. The molecule has 0 aliphatic carbocycles. The summed E-state index contributed by atoms with van der Waals surface area (Å²) in [5, 5.41) is 23.5. The summed E-state index contributed by atoms with van der Waals surface area (Å²) in [5.74, 6) is -3.89. The van der Waals surface area contributed by atoms with Crippen molar-refractivity contribution in [2.45, 2.75) is 142 Å². The maximum absolute atomic E-state index is 14.6. The predicted octanol–water partition coefficient (Wildman–Crippen LogP) is 3.12. The summed E-state index contributed by atoms with van der Waals surface area (Å²) in [5.41, 5.74) is 6.66. The minimum Gasteiger partial charge on any atom is -0.399 e. The Bertz CT molecular complexity index is 2320. The Hall–Kier alpha value is -6.57. The standard InChI is InChI=1S/C54H77N11O8.ClH/c1-30(34-19-15-13-16-20-34)58-49(70)41-26-39(28-64(41)51(72)43(53(5,6)7)62-45(66)32(3)56-11)60-47(68)36-23-37(25-38(55)24-36)48(69)61-40-27-42(50(71)59-31(2)35-21-17-14-18-22-35)65(29-40)52(73)44(54(8,9)10)63-46(67)33(4)57-12;/h13-25,30-33,39-44,56-57H,26-29,55H2,1-12H3,(H,58,70)(H,59,71)(H,60,68)(H,61,69)(H,62,66)(H,63,67);1H/t30-,31-,32+,33+,39+,40+,41+,42+,43-,44-;/m1./s1. The van der Waals surface area contributed by atoms with Crippen molar-refractivity contribution in [1.29, 1.82) is 0 Å². The number of likely N-dealkylation sites (tertiary alicyclic amines) is 2. The summed E-state index contributed by atoms with van der Waals surface area (Å²) < 4.78 is 0. The van der Waals surface area contributed by atoms with Crippen LogP contribution in [0.25, 0.3) is 0 Å². The molecule has 2 fully saturated rings. The fourth-order valence-corrected chi connectivity index (χ4v) is 9.01. The Labute approximate surface area is 441 Å². The highest BCUT2D eigenvalue weighted by molar-refractivity contribution is 6.02. The molecule has 0 aromatic heterocycles. The summed E-state index contributed by atoms with van der Waals surface area (Å²) in [6, 6.07) is 15.3. The minimum absolute atomic E-state index is 0. The molecule has 10 N–H and O–H groups in total. The van der Waals surface area contributed by atoms with Gasteiger partial charge in [-0.1, -0.05) is 102 Å². The Balaban J connectivity index is 0.0000119. The first-order valence-corrected chi connectivity index (χ1v) is 25.0. The van der Waals surface area contributed by atoms with Crippen LogP contribution in [0.2, 0.25) is 0 Å². The smallest absolute Gasteiger partial charge is 0.251 e. The Morgan fingerprint density at radius 3 is 1.19 bits per heavy atom. The van der Waals surface area contributed by atoms with E-state index in [9.17, 15) is 38.4 Å². The molecular weight excluding hydrogens is 966 g/mol. The molecule has 0 unspecified atom stereocenters. The number of hydrogen-bond donors (Lipinski definition) is 9. The molecule has 8 amide bonds. The van der Waals surface area contributed by atoms with Gasteiger partial charge in [-0.2, -0.15) is 0 Å². The average Bonchev–Trinajstić information content (AvgIpc) is 3.98. The molecule has 10 atom stereocenters. The number of anilines is 1. The van der Waals surface area contributed by atoms with Gasteiger partial charge in [-0.05, 0) is 94.8 Å². The van der Waals surface area contributed by atoms with Crippen LogP contribution in [0.3, 0.4) is 0 Å². The molecule has 0 saturated carbocycles.